The summed E-state index contributed by atoms with van der Waals surface area (Å²) in [4.78, 5) is 24.0. The topological polar surface area (TPSA) is 75.1 Å². The van der Waals surface area contributed by atoms with Gasteiger partial charge in [-0.05, 0) is 24.6 Å². The minimum absolute atomic E-state index is 0.0873. The largest absolute Gasteiger partial charge is 0.492 e. The van der Waals surface area contributed by atoms with Crippen LogP contribution < -0.4 is 11.2 Å². The summed E-state index contributed by atoms with van der Waals surface area (Å²) in [6.07, 6.45) is 0. The molecule has 0 spiro atoms. The van der Waals surface area contributed by atoms with Gasteiger partial charge in [0, 0.05) is 0 Å². The van der Waals surface area contributed by atoms with Gasteiger partial charge in [0.25, 0.3) is 5.56 Å². The van der Waals surface area contributed by atoms with E-state index in [0.29, 0.717) is 10.1 Å². The molecule has 0 aliphatic carbocycles. The number of rotatable bonds is 1. The second-order valence-electron chi connectivity index (χ2n) is 3.67. The van der Waals surface area contributed by atoms with E-state index in [1.54, 1.807) is 4.98 Å². The number of aromatic hydroxyl groups is 1. The summed E-state index contributed by atoms with van der Waals surface area (Å²) < 4.78 is 27.0. The highest BCUT2D eigenvalue weighted by Crippen LogP contribution is 2.17. The predicted molar refractivity (Wildman–Crippen MR) is 59.0 cm³/mol. The van der Waals surface area contributed by atoms with Crippen LogP contribution in [-0.4, -0.2) is 14.7 Å². The van der Waals surface area contributed by atoms with Gasteiger partial charge in [0.1, 0.15) is 5.82 Å². The van der Waals surface area contributed by atoms with Gasteiger partial charge in [0.05, 0.1) is 5.69 Å². The van der Waals surface area contributed by atoms with Crippen LogP contribution in [0.4, 0.5) is 8.78 Å². The zero-order chi connectivity index (χ0) is 13.4. The van der Waals surface area contributed by atoms with Gasteiger partial charge in [0.15, 0.2) is 0 Å². The van der Waals surface area contributed by atoms with E-state index in [1.165, 1.54) is 19.1 Å². The van der Waals surface area contributed by atoms with Crippen molar-refractivity contribution in [3.8, 4) is 11.6 Å². The van der Waals surface area contributed by atoms with Crippen molar-refractivity contribution >= 4 is 0 Å². The molecule has 18 heavy (non-hydrogen) atoms. The fraction of sp³-hybridized carbons (Fsp3) is 0.0909. The van der Waals surface area contributed by atoms with Crippen molar-refractivity contribution in [3.63, 3.8) is 0 Å². The van der Waals surface area contributed by atoms with Crippen LogP contribution in [0.2, 0.25) is 0 Å². The third-order valence-corrected chi connectivity index (χ3v) is 2.44. The summed E-state index contributed by atoms with van der Waals surface area (Å²) in [5, 5.41) is 9.42. The van der Waals surface area contributed by atoms with Crippen LogP contribution in [0.1, 0.15) is 5.56 Å². The number of nitrogens with one attached hydrogen (secondary N) is 1. The Balaban J connectivity index is 2.79. The monoisotopic (exact) mass is 254 g/mol. The zero-order valence-electron chi connectivity index (χ0n) is 9.20. The molecule has 0 atom stereocenters. The molecule has 0 radical (unpaired) electrons. The van der Waals surface area contributed by atoms with E-state index in [9.17, 15) is 23.5 Å². The molecule has 1 heterocycles. The molecular weight excluding hydrogens is 246 g/mol. The zero-order valence-corrected chi connectivity index (χ0v) is 9.20. The number of hydrogen-bond acceptors (Lipinski definition) is 3. The Labute approximate surface area is 99.0 Å². The number of aromatic nitrogens is 2. The first-order chi connectivity index (χ1) is 8.41. The number of halogens is 2. The Bertz CT molecular complexity index is 734. The number of benzene rings is 1. The quantitative estimate of drug-likeness (QED) is 0.791. The molecule has 0 aliphatic rings. The van der Waals surface area contributed by atoms with Crippen molar-refractivity contribution < 1.29 is 13.9 Å². The van der Waals surface area contributed by atoms with Gasteiger partial charge in [-0.1, -0.05) is 6.07 Å². The van der Waals surface area contributed by atoms with E-state index in [0.717, 1.165) is 6.07 Å². The van der Waals surface area contributed by atoms with E-state index in [2.05, 4.69) is 0 Å². The van der Waals surface area contributed by atoms with Crippen LogP contribution >= 0.6 is 0 Å². The summed E-state index contributed by atoms with van der Waals surface area (Å²) in [5.41, 5.74) is -2.14. The Morgan fingerprint density at radius 2 is 1.94 bits per heavy atom. The Morgan fingerprint density at radius 3 is 2.56 bits per heavy atom. The molecule has 0 aliphatic heterocycles. The molecule has 0 unspecified atom stereocenters. The summed E-state index contributed by atoms with van der Waals surface area (Å²) in [5.74, 6) is -3.28. The number of H-pyrrole nitrogens is 1. The van der Waals surface area contributed by atoms with Crippen molar-refractivity contribution in [2.45, 2.75) is 6.92 Å². The molecule has 0 amide bonds. The standard InChI is InChI=1S/C11H8F2N2O3/c1-5-2-3-6(4-7(5)12)15-10(17)8(13)9(16)14-11(15)18/h2-4,17H,1H3,(H,14,16,18). The van der Waals surface area contributed by atoms with Crippen molar-refractivity contribution in [2.24, 2.45) is 0 Å². The third-order valence-electron chi connectivity index (χ3n) is 2.44. The predicted octanol–water partition coefficient (Wildman–Crippen LogP) is 0.818. The molecule has 1 aromatic heterocycles. The number of aromatic amines is 1. The normalized spacial score (nSPS) is 10.6. The molecule has 1 aromatic carbocycles. The highest BCUT2D eigenvalue weighted by Gasteiger charge is 2.15. The average Bonchev–Trinajstić information content (AvgIpc) is 2.31. The fourth-order valence-corrected chi connectivity index (χ4v) is 1.46. The first kappa shape index (κ1) is 12.0. The van der Waals surface area contributed by atoms with Gasteiger partial charge in [-0.2, -0.15) is 4.39 Å². The molecule has 2 rings (SSSR count). The maximum absolute atomic E-state index is 13.3. The molecule has 0 bridgehead atoms. The van der Waals surface area contributed by atoms with Crippen LogP contribution in [-0.2, 0) is 0 Å². The van der Waals surface area contributed by atoms with Gasteiger partial charge in [-0.3, -0.25) is 9.78 Å². The lowest BCUT2D eigenvalue weighted by molar-refractivity contribution is 0.386. The van der Waals surface area contributed by atoms with Crippen molar-refractivity contribution in [3.05, 3.63) is 56.2 Å². The Kier molecular flexibility index (Phi) is 2.74. The molecule has 0 saturated carbocycles. The lowest BCUT2D eigenvalue weighted by Crippen LogP contribution is -2.31. The van der Waals surface area contributed by atoms with Gasteiger partial charge >= 0.3 is 5.69 Å². The summed E-state index contributed by atoms with van der Waals surface area (Å²) >= 11 is 0. The highest BCUT2D eigenvalue weighted by molar-refractivity contribution is 5.38. The van der Waals surface area contributed by atoms with E-state index in [-0.39, 0.29) is 5.69 Å². The van der Waals surface area contributed by atoms with E-state index in [1.807, 2.05) is 0 Å². The maximum Gasteiger partial charge on any atom is 0.335 e. The minimum Gasteiger partial charge on any atom is -0.492 e. The van der Waals surface area contributed by atoms with E-state index in [4.69, 9.17) is 0 Å². The van der Waals surface area contributed by atoms with Crippen LogP contribution in [0.5, 0.6) is 5.88 Å². The molecule has 94 valence electrons. The molecular formula is C11H8F2N2O3. The molecule has 0 saturated heterocycles. The first-order valence-corrected chi connectivity index (χ1v) is 4.92. The lowest BCUT2D eigenvalue weighted by atomic mass is 10.2. The average molecular weight is 254 g/mol. The maximum atomic E-state index is 13.3. The molecule has 7 heteroatoms. The number of nitrogens with zero attached hydrogens (tertiary/aromatic N) is 1. The number of hydrogen-bond donors (Lipinski definition) is 2. The van der Waals surface area contributed by atoms with Gasteiger partial charge in [0.2, 0.25) is 11.7 Å². The number of aryl methyl sites for hydroxylation is 1. The molecule has 2 aromatic rings. The fourth-order valence-electron chi connectivity index (χ4n) is 1.46. The van der Waals surface area contributed by atoms with Crippen LogP contribution in [0.25, 0.3) is 5.69 Å². The van der Waals surface area contributed by atoms with Crippen LogP contribution in [0, 0.1) is 18.6 Å². The third kappa shape index (κ3) is 1.79. The Morgan fingerprint density at radius 1 is 1.28 bits per heavy atom. The SMILES string of the molecule is Cc1ccc(-n2c(O)c(F)c(=O)[nH]c2=O)cc1F. The minimum atomic E-state index is -1.50. The van der Waals surface area contributed by atoms with Crippen molar-refractivity contribution in [1.29, 1.82) is 0 Å². The van der Waals surface area contributed by atoms with Gasteiger partial charge in [-0.15, -0.1) is 0 Å². The molecule has 5 nitrogen and oxygen atoms in total. The highest BCUT2D eigenvalue weighted by atomic mass is 19.1. The second-order valence-corrected chi connectivity index (χ2v) is 3.67. The summed E-state index contributed by atoms with van der Waals surface area (Å²) in [7, 11) is 0. The summed E-state index contributed by atoms with van der Waals surface area (Å²) in [6, 6.07) is 3.63. The molecule has 2 N–H and O–H groups in total. The van der Waals surface area contributed by atoms with E-state index >= 15 is 0 Å². The van der Waals surface area contributed by atoms with Crippen LogP contribution in [0.15, 0.2) is 27.8 Å². The summed E-state index contributed by atoms with van der Waals surface area (Å²) in [6.45, 7) is 1.51. The Hall–Kier alpha value is -2.44. The van der Waals surface area contributed by atoms with E-state index < -0.39 is 28.8 Å². The van der Waals surface area contributed by atoms with Crippen LogP contribution in [0.3, 0.4) is 0 Å². The lowest BCUT2D eigenvalue weighted by Gasteiger charge is -2.08. The van der Waals surface area contributed by atoms with Gasteiger partial charge < -0.3 is 5.11 Å². The van der Waals surface area contributed by atoms with Crippen molar-refractivity contribution in [2.75, 3.05) is 0 Å². The smallest absolute Gasteiger partial charge is 0.335 e. The van der Waals surface area contributed by atoms with Crippen molar-refractivity contribution in [1.82, 2.24) is 9.55 Å². The second kappa shape index (κ2) is 4.10. The molecule has 0 fully saturated rings. The van der Waals surface area contributed by atoms with Gasteiger partial charge in [-0.25, -0.2) is 13.8 Å². The first-order valence-electron chi connectivity index (χ1n) is 4.92.